The second-order valence-corrected chi connectivity index (χ2v) is 10.8. The third-order valence-electron chi connectivity index (χ3n) is 5.33. The highest BCUT2D eigenvalue weighted by Gasteiger charge is 2.24. The van der Waals surface area contributed by atoms with Gasteiger partial charge in [-0.25, -0.2) is 4.39 Å². The van der Waals surface area contributed by atoms with E-state index in [1.807, 2.05) is 24.3 Å². The van der Waals surface area contributed by atoms with E-state index in [9.17, 15) is 4.39 Å². The average molecular weight is 422 g/mol. The predicted molar refractivity (Wildman–Crippen MR) is 128 cm³/mol. The van der Waals surface area contributed by atoms with Gasteiger partial charge in [0.2, 0.25) is 0 Å². The van der Waals surface area contributed by atoms with Gasteiger partial charge < -0.3 is 0 Å². The number of hydrogen-bond acceptors (Lipinski definition) is 1. The van der Waals surface area contributed by atoms with Crippen LogP contribution in [0.2, 0.25) is 0 Å². The van der Waals surface area contributed by atoms with Gasteiger partial charge in [0, 0.05) is 16.3 Å². The number of nitrogens with zero attached hydrogens (tertiary/aromatic N) is 1. The highest BCUT2D eigenvalue weighted by Crippen LogP contribution is 2.42. The van der Waals surface area contributed by atoms with Crippen LogP contribution in [0.3, 0.4) is 0 Å². The molecule has 0 spiro atoms. The monoisotopic (exact) mass is 421 g/mol. The summed E-state index contributed by atoms with van der Waals surface area (Å²) in [5.41, 5.74) is 1.000. The van der Waals surface area contributed by atoms with Crippen LogP contribution in [0.15, 0.2) is 59.7 Å². The molecular formula is C24H33ClFNS. The largest absolute Gasteiger partial charge is 0.257 e. The zero-order valence-corrected chi connectivity index (χ0v) is 18.7. The zero-order chi connectivity index (χ0) is 20.6. The van der Waals surface area contributed by atoms with Gasteiger partial charge in [-0.1, -0.05) is 92.7 Å². The third kappa shape index (κ3) is 6.37. The molecule has 0 radical (unpaired) electrons. The Kier molecular flexibility index (Phi) is 9.07. The minimum atomic E-state index is -1.67. The summed E-state index contributed by atoms with van der Waals surface area (Å²) in [4.78, 5) is 0. The molecule has 0 aromatic heterocycles. The van der Waals surface area contributed by atoms with Crippen molar-refractivity contribution in [3.8, 4) is 0 Å². The summed E-state index contributed by atoms with van der Waals surface area (Å²) in [6, 6.07) is 7.06. The molecule has 1 aliphatic rings. The van der Waals surface area contributed by atoms with Gasteiger partial charge in [0.15, 0.2) is 0 Å². The lowest BCUT2D eigenvalue weighted by molar-refractivity contribution is 0.376. The van der Waals surface area contributed by atoms with Crippen LogP contribution in [0.5, 0.6) is 0 Å². The first kappa shape index (κ1) is 23.0. The molecule has 0 N–H and O–H groups in total. The number of rotatable bonds is 10. The fourth-order valence-corrected chi connectivity index (χ4v) is 5.53. The lowest BCUT2D eigenvalue weighted by atomic mass is 10.00. The zero-order valence-electron chi connectivity index (χ0n) is 17.1. The van der Waals surface area contributed by atoms with E-state index in [1.54, 1.807) is 12.1 Å². The van der Waals surface area contributed by atoms with Crippen molar-refractivity contribution in [3.63, 3.8) is 0 Å². The van der Waals surface area contributed by atoms with Crippen molar-refractivity contribution < 1.29 is 4.39 Å². The molecule has 0 bridgehead atoms. The van der Waals surface area contributed by atoms with Crippen LogP contribution >= 0.6 is 21.0 Å². The Bertz CT molecular complexity index is 823. The lowest BCUT2D eigenvalue weighted by Crippen LogP contribution is -2.26. The Morgan fingerprint density at radius 3 is 2.64 bits per heavy atom. The Balaban J connectivity index is 2.24. The van der Waals surface area contributed by atoms with E-state index in [4.69, 9.17) is 11.6 Å². The third-order valence-corrected chi connectivity index (χ3v) is 8.32. The van der Waals surface area contributed by atoms with E-state index in [0.717, 1.165) is 18.4 Å². The SMILES string of the molecule is C=S(=C)(C1C=CC=C(Cl)C=C1)N(C)[C@@H](CCCCCCC)c1cccc(F)c1. The number of allylic oxidation sites excluding steroid dienone is 4. The standard InChI is InChI=1S/C24H33ClFNS/c1-5-6-7-8-9-16-24(20-12-10-14-22(26)19-20)27(2)28(3,4)23-15-11-13-21(25)17-18-23/h10-15,17-19,23-24H,3-9,16H2,1-2H3/t23?,24-/m0/s1. The lowest BCUT2D eigenvalue weighted by Gasteiger charge is -2.38. The number of benzene rings is 1. The highest BCUT2D eigenvalue weighted by atomic mass is 35.5. The maximum Gasteiger partial charge on any atom is 0.123 e. The molecule has 1 unspecified atom stereocenters. The maximum absolute atomic E-state index is 13.9. The van der Waals surface area contributed by atoms with Crippen LogP contribution in [0, 0.1) is 5.82 Å². The van der Waals surface area contributed by atoms with Gasteiger partial charge in [0.25, 0.3) is 0 Å². The van der Waals surface area contributed by atoms with E-state index in [1.165, 1.54) is 31.7 Å². The molecule has 0 fully saturated rings. The van der Waals surface area contributed by atoms with Gasteiger partial charge in [0.1, 0.15) is 5.82 Å². The summed E-state index contributed by atoms with van der Waals surface area (Å²) >= 11 is 6.14. The maximum atomic E-state index is 13.9. The minimum absolute atomic E-state index is 0.0844. The highest BCUT2D eigenvalue weighted by molar-refractivity contribution is 8.26. The molecule has 0 saturated heterocycles. The summed E-state index contributed by atoms with van der Waals surface area (Å²) in [5, 5.41) is 0.787. The molecule has 0 saturated carbocycles. The molecule has 1 aliphatic carbocycles. The Morgan fingerprint density at radius 1 is 1.18 bits per heavy atom. The number of hydrogen-bond donors (Lipinski definition) is 0. The van der Waals surface area contributed by atoms with Crippen molar-refractivity contribution in [2.45, 2.75) is 56.7 Å². The van der Waals surface area contributed by atoms with Gasteiger partial charge in [-0.2, -0.15) is 0 Å². The fourth-order valence-electron chi connectivity index (χ4n) is 3.51. The molecule has 0 aliphatic heterocycles. The van der Waals surface area contributed by atoms with Crippen LogP contribution in [-0.4, -0.2) is 28.3 Å². The Morgan fingerprint density at radius 2 is 1.93 bits per heavy atom. The summed E-state index contributed by atoms with van der Waals surface area (Å²) < 4.78 is 16.2. The van der Waals surface area contributed by atoms with Crippen molar-refractivity contribution >= 4 is 32.7 Å². The molecule has 0 heterocycles. The smallest absolute Gasteiger partial charge is 0.123 e. The number of halogens is 2. The molecule has 4 heteroatoms. The van der Waals surface area contributed by atoms with Crippen LogP contribution in [0.4, 0.5) is 4.39 Å². The predicted octanol–water partition coefficient (Wildman–Crippen LogP) is 7.36. The summed E-state index contributed by atoms with van der Waals surface area (Å²) in [5.74, 6) is 8.85. The van der Waals surface area contributed by atoms with Gasteiger partial charge in [-0.15, -0.1) is 9.39 Å². The molecular weight excluding hydrogens is 389 g/mol. The average Bonchev–Trinajstić information content (AvgIpc) is 2.89. The normalized spacial score (nSPS) is 18.2. The van der Waals surface area contributed by atoms with Crippen LogP contribution < -0.4 is 0 Å². The van der Waals surface area contributed by atoms with Gasteiger partial charge >= 0.3 is 0 Å². The van der Waals surface area contributed by atoms with E-state index < -0.39 is 9.39 Å². The van der Waals surface area contributed by atoms with Crippen LogP contribution in [-0.2, 0) is 0 Å². The summed E-state index contributed by atoms with van der Waals surface area (Å²) in [7, 11) is 0.411. The molecule has 154 valence electrons. The van der Waals surface area contributed by atoms with E-state index >= 15 is 0 Å². The van der Waals surface area contributed by atoms with E-state index in [0.29, 0.717) is 5.03 Å². The fraction of sp³-hybridized carbons (Fsp3) is 0.417. The van der Waals surface area contributed by atoms with Crippen molar-refractivity contribution in [1.82, 2.24) is 4.31 Å². The molecule has 1 aromatic rings. The molecule has 2 atom stereocenters. The van der Waals surface area contributed by atoms with Gasteiger partial charge in [-0.3, -0.25) is 4.31 Å². The van der Waals surface area contributed by atoms with Crippen molar-refractivity contribution in [3.05, 3.63) is 71.1 Å². The molecule has 0 amide bonds. The second kappa shape index (κ2) is 11.0. The van der Waals surface area contributed by atoms with Gasteiger partial charge in [-0.05, 0) is 43.3 Å². The quantitative estimate of drug-likeness (QED) is 0.281. The first-order valence-corrected chi connectivity index (χ1v) is 12.4. The minimum Gasteiger partial charge on any atom is -0.257 e. The van der Waals surface area contributed by atoms with E-state index in [-0.39, 0.29) is 17.1 Å². The summed E-state index contributed by atoms with van der Waals surface area (Å²) in [6.45, 7) is 2.22. The molecule has 1 aromatic carbocycles. The van der Waals surface area contributed by atoms with E-state index in [2.05, 4.69) is 42.2 Å². The van der Waals surface area contributed by atoms with Gasteiger partial charge in [0.05, 0.1) is 0 Å². The van der Waals surface area contributed by atoms with Crippen LogP contribution in [0.25, 0.3) is 0 Å². The molecule has 2 rings (SSSR count). The van der Waals surface area contributed by atoms with Crippen LogP contribution in [0.1, 0.15) is 57.1 Å². The topological polar surface area (TPSA) is 3.24 Å². The first-order chi connectivity index (χ1) is 13.4. The molecule has 28 heavy (non-hydrogen) atoms. The second-order valence-electron chi connectivity index (χ2n) is 7.48. The Hall–Kier alpha value is -1.29. The van der Waals surface area contributed by atoms with Crippen molar-refractivity contribution in [2.24, 2.45) is 0 Å². The number of unbranched alkanes of at least 4 members (excludes halogenated alkanes) is 4. The first-order valence-electron chi connectivity index (χ1n) is 10.0. The Labute approximate surface area is 176 Å². The molecule has 1 nitrogen and oxygen atoms in total. The van der Waals surface area contributed by atoms with Crippen molar-refractivity contribution in [1.29, 1.82) is 0 Å². The summed E-state index contributed by atoms with van der Waals surface area (Å²) in [6.07, 6.45) is 17.0. The van der Waals surface area contributed by atoms with Crippen molar-refractivity contribution in [2.75, 3.05) is 7.05 Å².